The van der Waals surface area contributed by atoms with Gasteiger partial charge in [0.05, 0.1) is 5.92 Å². The van der Waals surface area contributed by atoms with E-state index in [1.54, 1.807) is 23.1 Å². The largest absolute Gasteiger partial charge is 0.481 e. The number of aliphatic carboxylic acids is 1. The Balaban J connectivity index is 1.54. The number of hydrogen-bond donors (Lipinski definition) is 4. The number of carbonyl (C=O) groups excluding carboxylic acids is 2. The first-order valence-electron chi connectivity index (χ1n) is 8.98. The SMILES string of the molecule is O=C(Nc1cccc(N2CCCNC2=O)c1)NC1CCC(C(=O)O)CC1. The van der Waals surface area contributed by atoms with Gasteiger partial charge in [-0.05, 0) is 50.3 Å². The number of carbonyl (C=O) groups is 3. The Morgan fingerprint density at radius 3 is 2.65 bits per heavy atom. The quantitative estimate of drug-likeness (QED) is 0.660. The van der Waals surface area contributed by atoms with Crippen molar-refractivity contribution < 1.29 is 19.5 Å². The number of carboxylic acid groups (broad SMARTS) is 1. The number of amides is 4. The maximum atomic E-state index is 12.2. The molecule has 1 aliphatic carbocycles. The zero-order valence-corrected chi connectivity index (χ0v) is 14.5. The van der Waals surface area contributed by atoms with E-state index in [9.17, 15) is 14.4 Å². The highest BCUT2D eigenvalue weighted by molar-refractivity contribution is 5.94. The Hall–Kier alpha value is -2.77. The number of carboxylic acids is 1. The summed E-state index contributed by atoms with van der Waals surface area (Å²) in [4.78, 5) is 36.8. The van der Waals surface area contributed by atoms with Crippen LogP contribution in [-0.4, -0.2) is 42.3 Å². The van der Waals surface area contributed by atoms with Crippen molar-refractivity contribution >= 4 is 29.4 Å². The summed E-state index contributed by atoms with van der Waals surface area (Å²) in [5.41, 5.74) is 1.35. The fourth-order valence-electron chi connectivity index (χ4n) is 3.46. The van der Waals surface area contributed by atoms with Gasteiger partial charge in [0, 0.05) is 30.5 Å². The van der Waals surface area contributed by atoms with Crippen molar-refractivity contribution in [2.24, 2.45) is 5.92 Å². The van der Waals surface area contributed by atoms with E-state index in [1.165, 1.54) is 0 Å². The predicted octanol–water partition coefficient (Wildman–Crippen LogP) is 2.37. The molecule has 0 unspecified atom stereocenters. The van der Waals surface area contributed by atoms with E-state index < -0.39 is 5.97 Å². The molecule has 4 amide bonds. The molecule has 1 aromatic carbocycles. The van der Waals surface area contributed by atoms with Crippen LogP contribution in [0.25, 0.3) is 0 Å². The van der Waals surface area contributed by atoms with Crippen molar-refractivity contribution in [3.8, 4) is 0 Å². The van der Waals surface area contributed by atoms with Crippen LogP contribution in [0.4, 0.5) is 21.0 Å². The maximum absolute atomic E-state index is 12.2. The molecule has 2 fully saturated rings. The molecule has 2 aliphatic rings. The highest BCUT2D eigenvalue weighted by Gasteiger charge is 2.26. The third kappa shape index (κ3) is 4.44. The molecule has 0 spiro atoms. The van der Waals surface area contributed by atoms with Crippen LogP contribution >= 0.6 is 0 Å². The molecule has 0 aromatic heterocycles. The van der Waals surface area contributed by atoms with Gasteiger partial charge in [-0.25, -0.2) is 9.59 Å². The van der Waals surface area contributed by atoms with Crippen molar-refractivity contribution in [3.63, 3.8) is 0 Å². The van der Waals surface area contributed by atoms with Gasteiger partial charge in [-0.2, -0.15) is 0 Å². The standard InChI is InChI=1S/C18H24N4O4/c23-16(24)12-5-7-13(8-6-12)20-17(25)21-14-3-1-4-15(11-14)22-10-2-9-19-18(22)26/h1,3-4,11-13H,2,5-10H2,(H,19,26)(H,23,24)(H2,20,21,25). The summed E-state index contributed by atoms with van der Waals surface area (Å²) in [6.07, 6.45) is 3.37. The minimum atomic E-state index is -0.758. The van der Waals surface area contributed by atoms with E-state index in [1.807, 2.05) is 6.07 Å². The lowest BCUT2D eigenvalue weighted by molar-refractivity contribution is -0.142. The topological polar surface area (TPSA) is 111 Å². The third-order valence-corrected chi connectivity index (χ3v) is 4.91. The number of benzene rings is 1. The molecular weight excluding hydrogens is 336 g/mol. The van der Waals surface area contributed by atoms with Crippen LogP contribution in [0, 0.1) is 5.92 Å². The summed E-state index contributed by atoms with van der Waals surface area (Å²) in [7, 11) is 0. The molecule has 1 aromatic rings. The van der Waals surface area contributed by atoms with E-state index in [0.717, 1.165) is 12.1 Å². The Morgan fingerprint density at radius 1 is 1.19 bits per heavy atom. The fraction of sp³-hybridized carbons (Fsp3) is 0.500. The van der Waals surface area contributed by atoms with Gasteiger partial charge in [0.2, 0.25) is 0 Å². The lowest BCUT2D eigenvalue weighted by atomic mass is 9.86. The van der Waals surface area contributed by atoms with Gasteiger partial charge in [-0.1, -0.05) is 6.07 Å². The van der Waals surface area contributed by atoms with Gasteiger partial charge in [0.15, 0.2) is 0 Å². The van der Waals surface area contributed by atoms with Crippen LogP contribution in [0.15, 0.2) is 24.3 Å². The molecule has 140 valence electrons. The smallest absolute Gasteiger partial charge is 0.321 e. The average molecular weight is 360 g/mol. The lowest BCUT2D eigenvalue weighted by Crippen LogP contribution is -2.46. The summed E-state index contributed by atoms with van der Waals surface area (Å²) >= 11 is 0. The monoisotopic (exact) mass is 360 g/mol. The summed E-state index contributed by atoms with van der Waals surface area (Å²) < 4.78 is 0. The molecule has 8 heteroatoms. The molecule has 1 aliphatic heterocycles. The number of rotatable bonds is 4. The van der Waals surface area contributed by atoms with Crippen molar-refractivity contribution in [2.45, 2.75) is 38.1 Å². The maximum Gasteiger partial charge on any atom is 0.321 e. The van der Waals surface area contributed by atoms with Crippen molar-refractivity contribution in [1.29, 1.82) is 0 Å². The fourth-order valence-corrected chi connectivity index (χ4v) is 3.46. The molecule has 4 N–H and O–H groups in total. The zero-order valence-electron chi connectivity index (χ0n) is 14.5. The molecule has 1 saturated heterocycles. The average Bonchev–Trinajstić information content (AvgIpc) is 2.62. The molecule has 1 saturated carbocycles. The van der Waals surface area contributed by atoms with Crippen LogP contribution in [0.3, 0.4) is 0 Å². The first-order valence-corrected chi connectivity index (χ1v) is 8.98. The lowest BCUT2D eigenvalue weighted by Gasteiger charge is -2.28. The highest BCUT2D eigenvalue weighted by atomic mass is 16.4. The van der Waals surface area contributed by atoms with Gasteiger partial charge in [-0.15, -0.1) is 0 Å². The van der Waals surface area contributed by atoms with E-state index in [0.29, 0.717) is 44.5 Å². The number of anilines is 2. The van der Waals surface area contributed by atoms with Crippen molar-refractivity contribution in [3.05, 3.63) is 24.3 Å². The summed E-state index contributed by atoms with van der Waals surface area (Å²) in [6.45, 7) is 1.33. The van der Waals surface area contributed by atoms with Crippen LogP contribution in [0.1, 0.15) is 32.1 Å². The molecule has 1 heterocycles. The van der Waals surface area contributed by atoms with Crippen LogP contribution in [-0.2, 0) is 4.79 Å². The second-order valence-electron chi connectivity index (χ2n) is 6.77. The number of nitrogens with one attached hydrogen (secondary N) is 3. The second-order valence-corrected chi connectivity index (χ2v) is 6.77. The number of nitrogens with zero attached hydrogens (tertiary/aromatic N) is 1. The zero-order chi connectivity index (χ0) is 18.5. The van der Waals surface area contributed by atoms with Crippen LogP contribution < -0.4 is 20.9 Å². The molecular formula is C18H24N4O4. The normalized spacial score (nSPS) is 23.1. The molecule has 0 radical (unpaired) electrons. The predicted molar refractivity (Wildman–Crippen MR) is 97.3 cm³/mol. The molecule has 0 bridgehead atoms. The number of urea groups is 2. The van der Waals surface area contributed by atoms with E-state index >= 15 is 0 Å². The van der Waals surface area contributed by atoms with Gasteiger partial charge < -0.3 is 21.1 Å². The van der Waals surface area contributed by atoms with Crippen molar-refractivity contribution in [2.75, 3.05) is 23.3 Å². The minimum Gasteiger partial charge on any atom is -0.481 e. The minimum absolute atomic E-state index is 0.0124. The van der Waals surface area contributed by atoms with Gasteiger partial charge >= 0.3 is 18.0 Å². The van der Waals surface area contributed by atoms with Gasteiger partial charge in [-0.3, -0.25) is 9.69 Å². The highest BCUT2D eigenvalue weighted by Crippen LogP contribution is 2.25. The van der Waals surface area contributed by atoms with E-state index in [4.69, 9.17) is 5.11 Å². The first kappa shape index (κ1) is 18.0. The second kappa shape index (κ2) is 8.07. The Morgan fingerprint density at radius 2 is 1.96 bits per heavy atom. The third-order valence-electron chi connectivity index (χ3n) is 4.91. The van der Waals surface area contributed by atoms with Crippen LogP contribution in [0.5, 0.6) is 0 Å². The van der Waals surface area contributed by atoms with E-state index in [2.05, 4.69) is 16.0 Å². The van der Waals surface area contributed by atoms with E-state index in [-0.39, 0.29) is 24.0 Å². The number of hydrogen-bond acceptors (Lipinski definition) is 3. The van der Waals surface area contributed by atoms with Crippen molar-refractivity contribution in [1.82, 2.24) is 10.6 Å². The Labute approximate surface area is 151 Å². The van der Waals surface area contributed by atoms with Gasteiger partial charge in [0.1, 0.15) is 0 Å². The first-order chi connectivity index (χ1) is 12.5. The van der Waals surface area contributed by atoms with Gasteiger partial charge in [0.25, 0.3) is 0 Å². The molecule has 3 rings (SSSR count). The molecule has 26 heavy (non-hydrogen) atoms. The molecule has 0 atom stereocenters. The molecule has 8 nitrogen and oxygen atoms in total. The summed E-state index contributed by atoms with van der Waals surface area (Å²) in [6, 6.07) is 6.71. The van der Waals surface area contributed by atoms with Crippen LogP contribution in [0.2, 0.25) is 0 Å². The summed E-state index contributed by atoms with van der Waals surface area (Å²) in [5, 5.41) is 17.5. The Kier molecular flexibility index (Phi) is 5.60. The Bertz CT molecular complexity index is 686. The summed E-state index contributed by atoms with van der Waals surface area (Å²) in [5.74, 6) is -1.06.